The van der Waals surface area contributed by atoms with Crippen LogP contribution in [0.4, 0.5) is 0 Å². The Morgan fingerprint density at radius 2 is 1.90 bits per heavy atom. The van der Waals surface area contributed by atoms with Crippen molar-refractivity contribution >= 4 is 16.3 Å². The first-order chi connectivity index (χ1) is 14.6. The van der Waals surface area contributed by atoms with E-state index in [4.69, 9.17) is 14.2 Å². The first-order valence-electron chi connectivity index (χ1n) is 10.4. The van der Waals surface area contributed by atoms with Gasteiger partial charge in [-0.1, -0.05) is 23.5 Å². The van der Waals surface area contributed by atoms with Crippen LogP contribution in [0.25, 0.3) is 4.96 Å². The zero-order chi connectivity index (χ0) is 20.7. The Hall–Kier alpha value is -2.20. The number of hydrogen-bond acceptors (Lipinski definition) is 8. The van der Waals surface area contributed by atoms with Crippen LogP contribution in [0.3, 0.4) is 0 Å². The van der Waals surface area contributed by atoms with Crippen molar-refractivity contribution in [2.75, 3.05) is 32.9 Å². The molecule has 0 bridgehead atoms. The number of benzene rings is 1. The van der Waals surface area contributed by atoms with Gasteiger partial charge in [-0.25, -0.2) is 4.98 Å². The molecule has 160 valence electrons. The summed E-state index contributed by atoms with van der Waals surface area (Å²) < 4.78 is 18.9. The summed E-state index contributed by atoms with van der Waals surface area (Å²) in [5.41, 5.74) is 1.10. The second kappa shape index (κ2) is 7.81. The van der Waals surface area contributed by atoms with Crippen molar-refractivity contribution < 1.29 is 19.3 Å². The number of thiazole rings is 1. The summed E-state index contributed by atoms with van der Waals surface area (Å²) in [6, 6.07) is 8.01. The molecule has 1 spiro atoms. The molecule has 3 aromatic rings. The quantitative estimate of drug-likeness (QED) is 0.666. The van der Waals surface area contributed by atoms with E-state index in [1.807, 2.05) is 26.0 Å². The van der Waals surface area contributed by atoms with Crippen LogP contribution < -0.4 is 4.74 Å². The van der Waals surface area contributed by atoms with Gasteiger partial charge in [-0.2, -0.15) is 4.52 Å². The topological polar surface area (TPSA) is 81.4 Å². The standard InChI is InChI=1S/C21H26N4O4S/c1-3-27-16-6-4-15(5-7-16)17(18-19(26)25-20(30-18)22-14(2)23-25)24-10-8-21(9-11-24)28-12-13-29-21/h4-7,17,26H,3,8-13H2,1-2H3/t17-/m0/s1. The Morgan fingerprint density at radius 1 is 1.20 bits per heavy atom. The number of nitrogens with zero attached hydrogens (tertiary/aromatic N) is 4. The molecular weight excluding hydrogens is 404 g/mol. The third kappa shape index (κ3) is 3.45. The Kier molecular flexibility index (Phi) is 5.14. The van der Waals surface area contributed by atoms with Crippen LogP contribution in [0.5, 0.6) is 11.6 Å². The highest BCUT2D eigenvalue weighted by atomic mass is 32.1. The summed E-state index contributed by atoms with van der Waals surface area (Å²) in [7, 11) is 0. The minimum absolute atomic E-state index is 0.103. The summed E-state index contributed by atoms with van der Waals surface area (Å²) in [5.74, 6) is 1.21. The van der Waals surface area contributed by atoms with Crippen LogP contribution in [0, 0.1) is 6.92 Å². The summed E-state index contributed by atoms with van der Waals surface area (Å²) in [5, 5.41) is 15.3. The lowest BCUT2D eigenvalue weighted by Gasteiger charge is -2.41. The molecule has 1 aromatic carbocycles. The summed E-state index contributed by atoms with van der Waals surface area (Å²) in [4.78, 5) is 8.37. The van der Waals surface area contributed by atoms with Gasteiger partial charge >= 0.3 is 0 Å². The van der Waals surface area contributed by atoms with Gasteiger partial charge in [-0.15, -0.1) is 5.10 Å². The van der Waals surface area contributed by atoms with Crippen molar-refractivity contribution in [1.82, 2.24) is 19.5 Å². The van der Waals surface area contributed by atoms with Crippen molar-refractivity contribution in [1.29, 1.82) is 0 Å². The highest BCUT2D eigenvalue weighted by molar-refractivity contribution is 7.17. The smallest absolute Gasteiger partial charge is 0.230 e. The highest BCUT2D eigenvalue weighted by Gasteiger charge is 2.42. The number of likely N-dealkylation sites (tertiary alicyclic amines) is 1. The minimum atomic E-state index is -0.440. The van der Waals surface area contributed by atoms with Crippen LogP contribution >= 0.6 is 11.3 Å². The van der Waals surface area contributed by atoms with Crippen LogP contribution in [0.15, 0.2) is 24.3 Å². The van der Waals surface area contributed by atoms with E-state index in [0.29, 0.717) is 30.6 Å². The lowest BCUT2D eigenvalue weighted by molar-refractivity contribution is -0.187. The van der Waals surface area contributed by atoms with Crippen LogP contribution in [-0.4, -0.2) is 63.3 Å². The van der Waals surface area contributed by atoms with Crippen molar-refractivity contribution in [2.24, 2.45) is 0 Å². The minimum Gasteiger partial charge on any atom is -0.494 e. The summed E-state index contributed by atoms with van der Waals surface area (Å²) in [6.07, 6.45) is 1.61. The number of fused-ring (bicyclic) bond motifs is 1. The van der Waals surface area contributed by atoms with Gasteiger partial charge in [0.25, 0.3) is 0 Å². The lowest BCUT2D eigenvalue weighted by Crippen LogP contribution is -2.46. The molecule has 1 atom stereocenters. The van der Waals surface area contributed by atoms with Crippen molar-refractivity contribution in [3.63, 3.8) is 0 Å². The molecule has 0 radical (unpaired) electrons. The Labute approximate surface area is 179 Å². The summed E-state index contributed by atoms with van der Waals surface area (Å²) in [6.45, 7) is 7.38. The van der Waals surface area contributed by atoms with E-state index < -0.39 is 5.79 Å². The Balaban J connectivity index is 1.50. The van der Waals surface area contributed by atoms with Crippen LogP contribution in [0.1, 0.15) is 42.1 Å². The molecule has 5 rings (SSSR count). The van der Waals surface area contributed by atoms with E-state index in [1.54, 1.807) is 0 Å². The summed E-state index contributed by atoms with van der Waals surface area (Å²) >= 11 is 1.48. The van der Waals surface area contributed by atoms with Crippen molar-refractivity contribution in [2.45, 2.75) is 38.5 Å². The normalized spacial score (nSPS) is 20.2. The molecule has 2 saturated heterocycles. The van der Waals surface area contributed by atoms with Crippen LogP contribution in [-0.2, 0) is 9.47 Å². The number of ether oxygens (including phenoxy) is 3. The van der Waals surface area contributed by atoms with Gasteiger partial charge in [0.1, 0.15) is 11.6 Å². The molecule has 2 aliphatic heterocycles. The lowest BCUT2D eigenvalue weighted by atomic mass is 9.97. The van der Waals surface area contributed by atoms with Gasteiger partial charge in [0.2, 0.25) is 10.8 Å². The van der Waals surface area contributed by atoms with E-state index in [-0.39, 0.29) is 11.9 Å². The molecule has 8 nitrogen and oxygen atoms in total. The molecule has 4 heterocycles. The average Bonchev–Trinajstić information content (AvgIpc) is 3.43. The fraction of sp³-hybridized carbons (Fsp3) is 0.524. The molecule has 2 aliphatic rings. The molecule has 30 heavy (non-hydrogen) atoms. The van der Waals surface area contributed by atoms with Gasteiger partial charge in [-0.3, -0.25) is 4.90 Å². The molecule has 9 heteroatoms. The predicted octanol–water partition coefficient (Wildman–Crippen LogP) is 3.13. The number of aromatic nitrogens is 3. The fourth-order valence-corrected chi connectivity index (χ4v) is 5.54. The maximum atomic E-state index is 11.0. The average molecular weight is 431 g/mol. The second-order valence-electron chi connectivity index (χ2n) is 7.69. The first-order valence-corrected chi connectivity index (χ1v) is 11.2. The predicted molar refractivity (Wildman–Crippen MR) is 112 cm³/mol. The molecule has 0 aliphatic carbocycles. The van der Waals surface area contributed by atoms with Gasteiger partial charge in [0.15, 0.2) is 5.79 Å². The highest BCUT2D eigenvalue weighted by Crippen LogP contribution is 2.43. The third-order valence-electron chi connectivity index (χ3n) is 5.80. The second-order valence-corrected chi connectivity index (χ2v) is 8.70. The van der Waals surface area contributed by atoms with Gasteiger partial charge in [-0.05, 0) is 31.5 Å². The Bertz CT molecular complexity index is 1020. The largest absolute Gasteiger partial charge is 0.494 e. The molecule has 0 amide bonds. The molecule has 2 fully saturated rings. The fourth-order valence-electron chi connectivity index (χ4n) is 4.38. The third-order valence-corrected chi connectivity index (χ3v) is 6.87. The first kappa shape index (κ1) is 19.7. The monoisotopic (exact) mass is 430 g/mol. The van der Waals surface area contributed by atoms with E-state index in [9.17, 15) is 5.11 Å². The van der Waals surface area contributed by atoms with Crippen molar-refractivity contribution in [3.8, 4) is 11.6 Å². The van der Waals surface area contributed by atoms with Crippen molar-refractivity contribution in [3.05, 3.63) is 40.5 Å². The molecule has 1 N–H and O–H groups in total. The molecular formula is C21H26N4O4S. The van der Waals surface area contributed by atoms with Crippen LogP contribution in [0.2, 0.25) is 0 Å². The molecule has 0 unspecified atom stereocenters. The number of piperidine rings is 1. The van der Waals surface area contributed by atoms with Gasteiger partial charge < -0.3 is 19.3 Å². The van der Waals surface area contributed by atoms with Gasteiger partial charge in [0.05, 0.1) is 30.7 Å². The number of hydrogen-bond donors (Lipinski definition) is 1. The number of rotatable bonds is 5. The number of aryl methyl sites for hydroxylation is 1. The van der Waals surface area contributed by atoms with E-state index in [1.165, 1.54) is 15.9 Å². The maximum absolute atomic E-state index is 11.0. The molecule has 0 saturated carbocycles. The SMILES string of the molecule is CCOc1ccc([C@@H](c2sc3nc(C)nn3c2O)N2CCC3(CC2)OCCO3)cc1. The zero-order valence-electron chi connectivity index (χ0n) is 17.2. The maximum Gasteiger partial charge on any atom is 0.230 e. The van der Waals surface area contributed by atoms with Gasteiger partial charge in [0, 0.05) is 25.9 Å². The van der Waals surface area contributed by atoms with E-state index >= 15 is 0 Å². The number of aromatic hydroxyl groups is 1. The molecule has 2 aromatic heterocycles. The van der Waals surface area contributed by atoms with E-state index in [2.05, 4.69) is 27.1 Å². The zero-order valence-corrected chi connectivity index (χ0v) is 18.0. The Morgan fingerprint density at radius 3 is 2.53 bits per heavy atom. The van der Waals surface area contributed by atoms with E-state index in [0.717, 1.165) is 42.1 Å².